The van der Waals surface area contributed by atoms with Gasteiger partial charge in [0.15, 0.2) is 11.5 Å². The highest BCUT2D eigenvalue weighted by molar-refractivity contribution is 6.01. The average molecular weight is 384 g/mol. The third-order valence-corrected chi connectivity index (χ3v) is 3.88. The Hall–Kier alpha value is -3.02. The Kier molecular flexibility index (Phi) is 8.34. The summed E-state index contributed by atoms with van der Waals surface area (Å²) in [6.07, 6.45) is 0.937. The van der Waals surface area contributed by atoms with Crippen LogP contribution in [0.5, 0.6) is 17.2 Å². The largest absolute Gasteiger partial charge is 0.494 e. The molecule has 28 heavy (non-hydrogen) atoms. The van der Waals surface area contributed by atoms with Gasteiger partial charge in [-0.2, -0.15) is 5.10 Å². The maximum absolute atomic E-state index is 12.3. The predicted octanol–water partition coefficient (Wildman–Crippen LogP) is 4.43. The van der Waals surface area contributed by atoms with E-state index in [0.29, 0.717) is 42.6 Å². The minimum Gasteiger partial charge on any atom is -0.494 e. The number of nitrogens with one attached hydrogen (secondary N) is 1. The quantitative estimate of drug-likeness (QED) is 0.486. The highest BCUT2D eigenvalue weighted by Gasteiger charge is 2.09. The molecule has 150 valence electrons. The van der Waals surface area contributed by atoms with Crippen molar-refractivity contribution in [3.63, 3.8) is 0 Å². The van der Waals surface area contributed by atoms with Crippen molar-refractivity contribution in [1.29, 1.82) is 0 Å². The molecule has 0 aliphatic carbocycles. The van der Waals surface area contributed by atoms with E-state index in [4.69, 9.17) is 14.2 Å². The second kappa shape index (κ2) is 11.0. The van der Waals surface area contributed by atoms with E-state index >= 15 is 0 Å². The molecular weight excluding hydrogens is 356 g/mol. The normalized spacial score (nSPS) is 11.1. The van der Waals surface area contributed by atoms with Crippen molar-refractivity contribution in [1.82, 2.24) is 5.43 Å². The Balaban J connectivity index is 2.06. The Bertz CT molecular complexity index is 801. The number of carbonyl (C=O) groups excluding carboxylic acids is 1. The Morgan fingerprint density at radius 2 is 1.54 bits per heavy atom. The van der Waals surface area contributed by atoms with Gasteiger partial charge in [-0.05, 0) is 69.7 Å². The molecular formula is C22H28N2O4. The molecule has 0 heterocycles. The van der Waals surface area contributed by atoms with Crippen LogP contribution < -0.4 is 19.6 Å². The second-order valence-corrected chi connectivity index (χ2v) is 6.04. The number of hydrazone groups is 1. The van der Waals surface area contributed by atoms with Crippen LogP contribution in [0, 0.1) is 0 Å². The van der Waals surface area contributed by atoms with Gasteiger partial charge in [0.05, 0.1) is 25.5 Å². The van der Waals surface area contributed by atoms with Crippen LogP contribution in [-0.4, -0.2) is 31.4 Å². The molecule has 1 N–H and O–H groups in total. The standard InChI is InChI=1S/C22H28N2O4/c1-5-14-28-19-11-8-17(9-12-19)22(25)24-23-16(4)18-10-13-20(26-6-2)21(15-18)27-7-3/h8-13,15H,5-7,14H2,1-4H3,(H,24,25)/b23-16-. The Morgan fingerprint density at radius 3 is 2.18 bits per heavy atom. The van der Waals surface area contributed by atoms with E-state index in [9.17, 15) is 4.79 Å². The Morgan fingerprint density at radius 1 is 0.893 bits per heavy atom. The van der Waals surface area contributed by atoms with Crippen LogP contribution in [0.3, 0.4) is 0 Å². The SMILES string of the molecule is CCCOc1ccc(C(=O)N/N=C(/C)c2ccc(OCC)c(OCC)c2)cc1. The van der Waals surface area contributed by atoms with Gasteiger partial charge in [-0.1, -0.05) is 6.92 Å². The number of hydrogen-bond donors (Lipinski definition) is 1. The number of rotatable bonds is 10. The van der Waals surface area contributed by atoms with Crippen LogP contribution in [0.15, 0.2) is 47.6 Å². The number of ether oxygens (including phenoxy) is 3. The third kappa shape index (κ3) is 6.01. The minimum atomic E-state index is -0.280. The summed E-state index contributed by atoms with van der Waals surface area (Å²) in [7, 11) is 0. The number of hydrogen-bond acceptors (Lipinski definition) is 5. The van der Waals surface area contributed by atoms with Crippen molar-refractivity contribution in [2.75, 3.05) is 19.8 Å². The maximum atomic E-state index is 12.3. The monoisotopic (exact) mass is 384 g/mol. The highest BCUT2D eigenvalue weighted by atomic mass is 16.5. The third-order valence-electron chi connectivity index (χ3n) is 3.88. The lowest BCUT2D eigenvalue weighted by molar-refractivity contribution is 0.0955. The molecule has 2 aromatic rings. The first kappa shape index (κ1) is 21.3. The first-order valence-corrected chi connectivity index (χ1v) is 9.56. The first-order valence-electron chi connectivity index (χ1n) is 9.56. The van der Waals surface area contributed by atoms with Crippen molar-refractivity contribution in [2.45, 2.75) is 34.1 Å². The van der Waals surface area contributed by atoms with Crippen LogP contribution in [0.1, 0.15) is 50.0 Å². The summed E-state index contributed by atoms with van der Waals surface area (Å²) in [6, 6.07) is 12.6. The van der Waals surface area contributed by atoms with Crippen LogP contribution in [-0.2, 0) is 0 Å². The molecule has 6 heteroatoms. The summed E-state index contributed by atoms with van der Waals surface area (Å²) in [5.74, 6) is 1.81. The molecule has 2 aromatic carbocycles. The number of amides is 1. The fourth-order valence-electron chi connectivity index (χ4n) is 2.46. The molecule has 0 fully saturated rings. The van der Waals surface area contributed by atoms with Gasteiger partial charge in [0, 0.05) is 11.1 Å². The van der Waals surface area contributed by atoms with E-state index in [-0.39, 0.29) is 5.91 Å². The molecule has 0 bridgehead atoms. The van der Waals surface area contributed by atoms with Gasteiger partial charge in [0.2, 0.25) is 0 Å². The van der Waals surface area contributed by atoms with E-state index in [1.165, 1.54) is 0 Å². The van der Waals surface area contributed by atoms with Gasteiger partial charge in [0.25, 0.3) is 5.91 Å². The van der Waals surface area contributed by atoms with E-state index in [2.05, 4.69) is 10.5 Å². The molecule has 0 radical (unpaired) electrons. The minimum absolute atomic E-state index is 0.280. The summed E-state index contributed by atoms with van der Waals surface area (Å²) in [4.78, 5) is 12.3. The fourth-order valence-corrected chi connectivity index (χ4v) is 2.46. The van der Waals surface area contributed by atoms with Crippen molar-refractivity contribution in [3.8, 4) is 17.2 Å². The summed E-state index contributed by atoms with van der Waals surface area (Å²) in [5.41, 5.74) is 4.61. The molecule has 0 unspecified atom stereocenters. The highest BCUT2D eigenvalue weighted by Crippen LogP contribution is 2.28. The van der Waals surface area contributed by atoms with Crippen LogP contribution in [0.25, 0.3) is 0 Å². The van der Waals surface area contributed by atoms with Crippen molar-refractivity contribution < 1.29 is 19.0 Å². The van der Waals surface area contributed by atoms with E-state index < -0.39 is 0 Å². The average Bonchev–Trinajstić information content (AvgIpc) is 2.72. The first-order chi connectivity index (χ1) is 13.6. The zero-order valence-electron chi connectivity index (χ0n) is 17.0. The molecule has 1 amide bonds. The molecule has 0 saturated heterocycles. The smallest absolute Gasteiger partial charge is 0.271 e. The maximum Gasteiger partial charge on any atom is 0.271 e. The van der Waals surface area contributed by atoms with Gasteiger partial charge in [0.1, 0.15) is 5.75 Å². The molecule has 2 rings (SSSR count). The molecule has 0 atom stereocenters. The number of nitrogens with zero attached hydrogens (tertiary/aromatic N) is 1. The van der Waals surface area contributed by atoms with E-state index in [0.717, 1.165) is 17.7 Å². The predicted molar refractivity (Wildman–Crippen MR) is 111 cm³/mol. The lowest BCUT2D eigenvalue weighted by Gasteiger charge is -2.12. The van der Waals surface area contributed by atoms with Crippen LogP contribution in [0.2, 0.25) is 0 Å². The van der Waals surface area contributed by atoms with E-state index in [1.54, 1.807) is 24.3 Å². The zero-order valence-corrected chi connectivity index (χ0v) is 17.0. The van der Waals surface area contributed by atoms with E-state index in [1.807, 2.05) is 45.9 Å². The summed E-state index contributed by atoms with van der Waals surface area (Å²) < 4.78 is 16.7. The van der Waals surface area contributed by atoms with Crippen molar-refractivity contribution >= 4 is 11.6 Å². The topological polar surface area (TPSA) is 69.2 Å². The Labute approximate surface area is 166 Å². The van der Waals surface area contributed by atoms with Gasteiger partial charge >= 0.3 is 0 Å². The second-order valence-electron chi connectivity index (χ2n) is 6.04. The molecule has 0 aliphatic rings. The van der Waals surface area contributed by atoms with Gasteiger partial charge < -0.3 is 14.2 Å². The molecule has 0 aromatic heterocycles. The molecule has 0 spiro atoms. The molecule has 0 saturated carbocycles. The van der Waals surface area contributed by atoms with Gasteiger partial charge in [-0.15, -0.1) is 0 Å². The van der Waals surface area contributed by atoms with Gasteiger partial charge in [-0.3, -0.25) is 4.79 Å². The number of carbonyl (C=O) groups is 1. The summed E-state index contributed by atoms with van der Waals surface area (Å²) in [6.45, 7) is 9.47. The summed E-state index contributed by atoms with van der Waals surface area (Å²) in [5, 5.41) is 4.21. The van der Waals surface area contributed by atoms with Crippen LogP contribution >= 0.6 is 0 Å². The lowest BCUT2D eigenvalue weighted by Crippen LogP contribution is -2.19. The molecule has 6 nitrogen and oxygen atoms in total. The fraction of sp³-hybridized carbons (Fsp3) is 0.364. The van der Waals surface area contributed by atoms with Crippen molar-refractivity contribution in [3.05, 3.63) is 53.6 Å². The van der Waals surface area contributed by atoms with Crippen molar-refractivity contribution in [2.24, 2.45) is 5.10 Å². The van der Waals surface area contributed by atoms with Gasteiger partial charge in [-0.25, -0.2) is 5.43 Å². The lowest BCUT2D eigenvalue weighted by atomic mass is 10.1. The zero-order chi connectivity index (χ0) is 20.4. The number of benzene rings is 2. The van der Waals surface area contributed by atoms with Crippen LogP contribution in [0.4, 0.5) is 0 Å². The molecule has 0 aliphatic heterocycles. The summed E-state index contributed by atoms with van der Waals surface area (Å²) >= 11 is 0.